The molecule has 7 nitrogen and oxygen atoms in total. The number of hydrogen-bond acceptors (Lipinski definition) is 4. The van der Waals surface area contributed by atoms with E-state index in [1.54, 1.807) is 14.0 Å². The molecule has 0 bridgehead atoms. The Balaban J connectivity index is 1.74. The molecule has 3 rings (SSSR count). The maximum absolute atomic E-state index is 13.5. The second-order valence-electron chi connectivity index (χ2n) is 8.35. The zero-order valence-electron chi connectivity index (χ0n) is 16.9. The number of likely N-dealkylation sites (N-methyl/N-ethyl adjacent to an activating group) is 1. The van der Waals surface area contributed by atoms with Crippen molar-refractivity contribution in [2.75, 3.05) is 20.1 Å². The van der Waals surface area contributed by atoms with E-state index in [1.807, 2.05) is 16.7 Å². The SMILES string of the molecule is CN[C@@H](C)C(=O)NC(C(=O)N1CCC2C1CCN2C(C)=O)C1CCCCC1. The average molecular weight is 379 g/mol. The van der Waals surface area contributed by atoms with Gasteiger partial charge in [0.15, 0.2) is 0 Å². The molecule has 2 saturated heterocycles. The van der Waals surface area contributed by atoms with Gasteiger partial charge in [-0.05, 0) is 45.6 Å². The van der Waals surface area contributed by atoms with Crippen LogP contribution in [-0.2, 0) is 14.4 Å². The van der Waals surface area contributed by atoms with Gasteiger partial charge in [-0.1, -0.05) is 19.3 Å². The highest BCUT2D eigenvalue weighted by molar-refractivity contribution is 5.90. The molecule has 1 aliphatic carbocycles. The van der Waals surface area contributed by atoms with Crippen LogP contribution in [0, 0.1) is 5.92 Å². The van der Waals surface area contributed by atoms with E-state index in [2.05, 4.69) is 10.6 Å². The Morgan fingerprint density at radius 3 is 2.11 bits per heavy atom. The van der Waals surface area contributed by atoms with Gasteiger partial charge in [-0.25, -0.2) is 0 Å². The molecule has 3 amide bonds. The number of hydrogen-bond donors (Lipinski definition) is 2. The minimum absolute atomic E-state index is 0.0523. The number of likely N-dealkylation sites (tertiary alicyclic amines) is 2. The van der Waals surface area contributed by atoms with Crippen LogP contribution in [0.2, 0.25) is 0 Å². The monoisotopic (exact) mass is 378 g/mol. The predicted octanol–water partition coefficient (Wildman–Crippen LogP) is 0.881. The molecule has 7 heteroatoms. The first-order valence-electron chi connectivity index (χ1n) is 10.5. The van der Waals surface area contributed by atoms with Crippen LogP contribution in [0.3, 0.4) is 0 Å². The van der Waals surface area contributed by atoms with E-state index in [1.165, 1.54) is 6.42 Å². The smallest absolute Gasteiger partial charge is 0.245 e. The average Bonchev–Trinajstić information content (AvgIpc) is 3.27. The van der Waals surface area contributed by atoms with Crippen LogP contribution in [0.25, 0.3) is 0 Å². The Bertz CT molecular complexity index is 576. The predicted molar refractivity (Wildman–Crippen MR) is 103 cm³/mol. The van der Waals surface area contributed by atoms with Crippen molar-refractivity contribution in [3.8, 4) is 0 Å². The molecule has 0 spiro atoms. The molecule has 0 aromatic heterocycles. The summed E-state index contributed by atoms with van der Waals surface area (Å²) in [5.41, 5.74) is 0. The summed E-state index contributed by atoms with van der Waals surface area (Å²) in [6.07, 6.45) is 7.12. The molecule has 27 heavy (non-hydrogen) atoms. The van der Waals surface area contributed by atoms with Gasteiger partial charge in [0.25, 0.3) is 0 Å². The van der Waals surface area contributed by atoms with Gasteiger partial charge in [0.2, 0.25) is 17.7 Å². The van der Waals surface area contributed by atoms with Crippen LogP contribution in [0.1, 0.15) is 58.8 Å². The summed E-state index contributed by atoms with van der Waals surface area (Å²) >= 11 is 0. The van der Waals surface area contributed by atoms with Crippen molar-refractivity contribution >= 4 is 17.7 Å². The maximum Gasteiger partial charge on any atom is 0.245 e. The molecule has 0 radical (unpaired) electrons. The largest absolute Gasteiger partial charge is 0.343 e. The third-order valence-electron chi connectivity index (χ3n) is 6.78. The van der Waals surface area contributed by atoms with Crippen LogP contribution in [0.4, 0.5) is 0 Å². The van der Waals surface area contributed by atoms with Crippen molar-refractivity contribution in [1.82, 2.24) is 20.4 Å². The lowest BCUT2D eigenvalue weighted by Gasteiger charge is -2.35. The summed E-state index contributed by atoms with van der Waals surface area (Å²) in [7, 11) is 1.75. The minimum atomic E-state index is -0.446. The Hall–Kier alpha value is -1.63. The lowest BCUT2D eigenvalue weighted by Crippen LogP contribution is -2.56. The highest BCUT2D eigenvalue weighted by Gasteiger charge is 2.47. The summed E-state index contributed by atoms with van der Waals surface area (Å²) in [6.45, 7) is 4.83. The third-order valence-corrected chi connectivity index (χ3v) is 6.78. The van der Waals surface area contributed by atoms with Gasteiger partial charge in [0, 0.05) is 20.0 Å². The number of fused-ring (bicyclic) bond motifs is 1. The van der Waals surface area contributed by atoms with Crippen LogP contribution >= 0.6 is 0 Å². The second kappa shape index (κ2) is 8.59. The lowest BCUT2D eigenvalue weighted by atomic mass is 9.83. The summed E-state index contributed by atoms with van der Waals surface area (Å²) < 4.78 is 0. The van der Waals surface area contributed by atoms with Crippen molar-refractivity contribution in [3.63, 3.8) is 0 Å². The van der Waals surface area contributed by atoms with E-state index in [-0.39, 0.29) is 41.8 Å². The van der Waals surface area contributed by atoms with Gasteiger partial charge in [0.1, 0.15) is 6.04 Å². The van der Waals surface area contributed by atoms with E-state index >= 15 is 0 Å². The topological polar surface area (TPSA) is 81.8 Å². The fraction of sp³-hybridized carbons (Fsp3) is 0.850. The molecule has 3 aliphatic rings. The van der Waals surface area contributed by atoms with Crippen LogP contribution < -0.4 is 10.6 Å². The number of rotatable bonds is 5. The zero-order valence-corrected chi connectivity index (χ0v) is 16.9. The number of nitrogens with zero attached hydrogens (tertiary/aromatic N) is 2. The number of amides is 3. The van der Waals surface area contributed by atoms with Gasteiger partial charge in [0.05, 0.1) is 18.1 Å². The molecule has 1 saturated carbocycles. The van der Waals surface area contributed by atoms with Crippen LogP contribution in [0.15, 0.2) is 0 Å². The van der Waals surface area contributed by atoms with Gasteiger partial charge in [-0.15, -0.1) is 0 Å². The fourth-order valence-corrected chi connectivity index (χ4v) is 5.09. The van der Waals surface area contributed by atoms with Gasteiger partial charge in [-0.2, -0.15) is 0 Å². The van der Waals surface area contributed by atoms with E-state index in [0.717, 1.165) is 45.1 Å². The quantitative estimate of drug-likeness (QED) is 0.744. The van der Waals surface area contributed by atoms with Crippen LogP contribution in [0.5, 0.6) is 0 Å². The Morgan fingerprint density at radius 2 is 1.52 bits per heavy atom. The fourth-order valence-electron chi connectivity index (χ4n) is 5.09. The zero-order chi connectivity index (χ0) is 19.6. The summed E-state index contributed by atoms with van der Waals surface area (Å²) in [5, 5.41) is 6.01. The third kappa shape index (κ3) is 4.13. The first kappa shape index (κ1) is 20.1. The first-order valence-corrected chi connectivity index (χ1v) is 10.5. The molecule has 3 unspecified atom stereocenters. The van der Waals surface area contributed by atoms with Gasteiger partial charge >= 0.3 is 0 Å². The van der Waals surface area contributed by atoms with Crippen molar-refractivity contribution in [2.24, 2.45) is 5.92 Å². The van der Waals surface area contributed by atoms with Gasteiger partial charge < -0.3 is 20.4 Å². The molecule has 3 fully saturated rings. The lowest BCUT2D eigenvalue weighted by molar-refractivity contribution is -0.139. The Kier molecular flexibility index (Phi) is 6.40. The maximum atomic E-state index is 13.5. The summed E-state index contributed by atoms with van der Waals surface area (Å²) in [6, 6.07) is -0.523. The molecule has 2 N–H and O–H groups in total. The first-order chi connectivity index (χ1) is 12.9. The van der Waals surface area contributed by atoms with Gasteiger partial charge in [-0.3, -0.25) is 14.4 Å². The summed E-state index contributed by atoms with van der Waals surface area (Å²) in [4.78, 5) is 41.7. The van der Waals surface area contributed by atoms with E-state index < -0.39 is 6.04 Å². The molecule has 0 aromatic rings. The highest BCUT2D eigenvalue weighted by atomic mass is 16.2. The molecular weight excluding hydrogens is 344 g/mol. The minimum Gasteiger partial charge on any atom is -0.343 e. The Labute approximate surface area is 162 Å². The Morgan fingerprint density at radius 1 is 0.926 bits per heavy atom. The number of nitrogens with one attached hydrogen (secondary N) is 2. The summed E-state index contributed by atoms with van der Waals surface area (Å²) in [5.74, 6) is 0.241. The van der Waals surface area contributed by atoms with E-state index in [9.17, 15) is 14.4 Å². The molecular formula is C20H34N4O3. The molecule has 2 aliphatic heterocycles. The highest BCUT2D eigenvalue weighted by Crippen LogP contribution is 2.34. The van der Waals surface area contributed by atoms with Crippen molar-refractivity contribution in [2.45, 2.75) is 83.0 Å². The molecule has 152 valence electrons. The number of carbonyl (C=O) groups excluding carboxylic acids is 3. The second-order valence-corrected chi connectivity index (χ2v) is 8.35. The standard InChI is InChI=1S/C20H34N4O3/c1-13(21-3)19(26)22-18(15-7-5-4-6-8-15)20(27)24-12-10-16-17(24)9-11-23(16)14(2)25/h13,15-18,21H,4-12H2,1-3H3,(H,22,26)/t13-,16?,17?,18?/m0/s1. The molecule has 2 heterocycles. The normalized spacial score (nSPS) is 28.0. The van der Waals surface area contributed by atoms with E-state index in [4.69, 9.17) is 0 Å². The van der Waals surface area contributed by atoms with Crippen molar-refractivity contribution in [1.29, 1.82) is 0 Å². The number of carbonyl (C=O) groups is 3. The van der Waals surface area contributed by atoms with Crippen molar-refractivity contribution < 1.29 is 14.4 Å². The van der Waals surface area contributed by atoms with Crippen molar-refractivity contribution in [3.05, 3.63) is 0 Å². The molecule has 0 aromatic carbocycles. The molecule has 4 atom stereocenters. The van der Waals surface area contributed by atoms with Crippen LogP contribution in [-0.4, -0.2) is 71.8 Å². The van der Waals surface area contributed by atoms with E-state index in [0.29, 0.717) is 6.54 Å².